The Hall–Kier alpha value is -2.18. The summed E-state index contributed by atoms with van der Waals surface area (Å²) >= 11 is 0. The number of hydrogen-bond acceptors (Lipinski definition) is 0. The van der Waals surface area contributed by atoms with Crippen LogP contribution in [0.5, 0.6) is 0 Å². The summed E-state index contributed by atoms with van der Waals surface area (Å²) in [6.07, 6.45) is 15.7. The summed E-state index contributed by atoms with van der Waals surface area (Å²) < 4.78 is 0. The van der Waals surface area contributed by atoms with E-state index in [4.69, 9.17) is 0 Å². The summed E-state index contributed by atoms with van der Waals surface area (Å²) in [6, 6.07) is 33.8. The van der Waals surface area contributed by atoms with E-state index >= 15 is 0 Å². The standard InChI is InChI=1S/C41H49.C5H5.2ClH.Zr/c1-9-17-38(40(5,6)32-19-13-11-14-20-32)34-26-36-30(23-28(34)3)25-31-24-29(4)35(27-37(31)36)39(18-10-2)41(7,8)33-21-15-12-16-22-33;1-2-4-5-3-1;;;/h11-16,19-23,26-27,38-39H,9-10,17-18,25H2,1-8H3;1-3H,4H2;2*1H;/q2*-1;;;+4/p-2. The molecule has 0 amide bonds. The fraction of sp³-hybridized carbons (Fsp3) is 0.391. The average Bonchev–Trinajstić information content (AvgIpc) is 3.74. The maximum Gasteiger partial charge on any atom is 4.00 e. The molecule has 0 heterocycles. The number of benzene rings is 4. The summed E-state index contributed by atoms with van der Waals surface area (Å²) in [5, 5.41) is 0. The van der Waals surface area contributed by atoms with E-state index in [2.05, 4.69) is 152 Å². The molecule has 256 valence electrons. The molecule has 2 atom stereocenters. The molecule has 0 saturated heterocycles. The van der Waals surface area contributed by atoms with Crippen LogP contribution in [0.25, 0.3) is 11.1 Å². The van der Waals surface area contributed by atoms with E-state index in [1.807, 2.05) is 12.2 Å². The van der Waals surface area contributed by atoms with Crippen LogP contribution >= 0.6 is 0 Å². The molecule has 0 spiro atoms. The normalized spacial score (nSPS) is 13.9. The van der Waals surface area contributed by atoms with Crippen LogP contribution < -0.4 is 24.8 Å². The van der Waals surface area contributed by atoms with Gasteiger partial charge in [-0.05, 0) is 64.3 Å². The van der Waals surface area contributed by atoms with Gasteiger partial charge < -0.3 is 24.8 Å². The van der Waals surface area contributed by atoms with Gasteiger partial charge in [-0.15, -0.1) is 23.1 Å². The number of aryl methyl sites for hydroxylation is 2. The summed E-state index contributed by atoms with van der Waals surface area (Å²) in [6.45, 7) is 19.0. The van der Waals surface area contributed by atoms with Crippen molar-refractivity contribution in [2.45, 2.75) is 117 Å². The van der Waals surface area contributed by atoms with Gasteiger partial charge in [-0.25, -0.2) is 12.2 Å². The van der Waals surface area contributed by atoms with Gasteiger partial charge in [0, 0.05) is 0 Å². The summed E-state index contributed by atoms with van der Waals surface area (Å²) in [4.78, 5) is 0. The maximum atomic E-state index is 3.92. The van der Waals surface area contributed by atoms with E-state index < -0.39 is 0 Å². The van der Waals surface area contributed by atoms with Crippen molar-refractivity contribution in [1.29, 1.82) is 0 Å². The van der Waals surface area contributed by atoms with Gasteiger partial charge in [0.2, 0.25) is 0 Å². The van der Waals surface area contributed by atoms with E-state index in [1.54, 1.807) is 0 Å². The average molecular weight is 769 g/mol. The van der Waals surface area contributed by atoms with E-state index in [0.717, 1.165) is 12.8 Å². The first-order chi connectivity index (χ1) is 22.1. The van der Waals surface area contributed by atoms with Gasteiger partial charge in [0.15, 0.2) is 0 Å². The topological polar surface area (TPSA) is 0 Å². The third-order valence-corrected chi connectivity index (χ3v) is 10.8. The van der Waals surface area contributed by atoms with Crippen molar-refractivity contribution >= 4 is 0 Å². The Morgan fingerprint density at radius 3 is 1.65 bits per heavy atom. The van der Waals surface area contributed by atoms with Crippen molar-refractivity contribution in [2.75, 3.05) is 0 Å². The molecule has 0 bridgehead atoms. The van der Waals surface area contributed by atoms with Gasteiger partial charge in [-0.1, -0.05) is 152 Å². The molecular weight excluding hydrogens is 715 g/mol. The molecule has 4 aromatic carbocycles. The van der Waals surface area contributed by atoms with Crippen molar-refractivity contribution in [3.8, 4) is 11.1 Å². The molecule has 0 aromatic heterocycles. The Bertz CT molecular complexity index is 1560. The number of hydrogen-bond donors (Lipinski definition) is 0. The molecular formula is C46H54Cl2Zr. The molecule has 49 heavy (non-hydrogen) atoms. The fourth-order valence-electron chi connectivity index (χ4n) is 8.07. The van der Waals surface area contributed by atoms with Crippen molar-refractivity contribution in [3.05, 3.63) is 154 Å². The molecule has 0 fully saturated rings. The smallest absolute Gasteiger partial charge is 1.00 e. The van der Waals surface area contributed by atoms with Crippen molar-refractivity contribution in [1.82, 2.24) is 0 Å². The molecule has 0 nitrogen and oxygen atoms in total. The second-order valence-corrected chi connectivity index (χ2v) is 14.6. The van der Waals surface area contributed by atoms with Gasteiger partial charge >= 0.3 is 26.2 Å². The number of allylic oxidation sites excluding steroid dienone is 4. The minimum atomic E-state index is 0. The molecule has 4 aromatic rings. The Labute approximate surface area is 330 Å². The predicted molar refractivity (Wildman–Crippen MR) is 199 cm³/mol. The third kappa shape index (κ3) is 9.39. The molecule has 0 N–H and O–H groups in total. The van der Waals surface area contributed by atoms with E-state index in [-0.39, 0.29) is 61.8 Å². The van der Waals surface area contributed by atoms with Crippen LogP contribution in [-0.4, -0.2) is 0 Å². The van der Waals surface area contributed by atoms with Crippen LogP contribution in [-0.2, 0) is 43.5 Å². The number of halogens is 2. The van der Waals surface area contributed by atoms with E-state index in [9.17, 15) is 0 Å². The van der Waals surface area contributed by atoms with Gasteiger partial charge in [0.25, 0.3) is 0 Å². The van der Waals surface area contributed by atoms with Gasteiger partial charge in [-0.2, -0.15) is 23.8 Å². The summed E-state index contributed by atoms with van der Waals surface area (Å²) in [5.74, 6) is 0.901. The third-order valence-electron chi connectivity index (χ3n) is 10.8. The minimum Gasteiger partial charge on any atom is -1.00 e. The molecule has 0 radical (unpaired) electrons. The van der Waals surface area contributed by atoms with Crippen molar-refractivity contribution < 1.29 is 51.0 Å². The zero-order chi connectivity index (χ0) is 32.9. The summed E-state index contributed by atoms with van der Waals surface area (Å²) in [7, 11) is 0. The predicted octanol–water partition coefficient (Wildman–Crippen LogP) is 6.71. The van der Waals surface area contributed by atoms with Crippen LogP contribution in [0.3, 0.4) is 0 Å². The van der Waals surface area contributed by atoms with Gasteiger partial charge in [-0.3, -0.25) is 6.08 Å². The molecule has 0 saturated carbocycles. The second-order valence-electron chi connectivity index (χ2n) is 14.6. The first-order valence-electron chi connectivity index (χ1n) is 17.6. The SMILES string of the molecule is CCCC(c1cc2c([c-]c1C)Cc1cc(C)c(C(CCC)C(C)(C)c3ccccc3)cc1-2)C(C)(C)c1ccccc1.[C-]1=CC=CC1.[Cl-].[Cl-].[Zr+4]. The van der Waals surface area contributed by atoms with Crippen molar-refractivity contribution in [3.63, 3.8) is 0 Å². The zero-order valence-corrected chi connectivity index (χ0v) is 34.9. The monoisotopic (exact) mass is 766 g/mol. The fourth-order valence-corrected chi connectivity index (χ4v) is 8.07. The van der Waals surface area contributed by atoms with Gasteiger partial charge in [0.05, 0.1) is 0 Å². The Morgan fingerprint density at radius 1 is 0.694 bits per heavy atom. The molecule has 2 unspecified atom stereocenters. The second kappa shape index (κ2) is 18.9. The number of fused-ring (bicyclic) bond motifs is 3. The van der Waals surface area contributed by atoms with Gasteiger partial charge in [0.1, 0.15) is 0 Å². The van der Waals surface area contributed by atoms with Crippen LogP contribution in [0.1, 0.15) is 130 Å². The molecule has 2 aliphatic rings. The van der Waals surface area contributed by atoms with E-state index in [1.165, 1.54) is 81.3 Å². The first-order valence-corrected chi connectivity index (χ1v) is 17.6. The summed E-state index contributed by atoms with van der Waals surface area (Å²) in [5.41, 5.74) is 14.4. The largest absolute Gasteiger partial charge is 4.00 e. The zero-order valence-electron chi connectivity index (χ0n) is 30.9. The molecule has 6 rings (SSSR count). The van der Waals surface area contributed by atoms with Crippen LogP contribution in [0.15, 0.2) is 97.1 Å². The molecule has 3 heteroatoms. The van der Waals surface area contributed by atoms with Crippen LogP contribution in [0.2, 0.25) is 0 Å². The number of rotatable bonds is 10. The minimum absolute atomic E-state index is 0. The Morgan fingerprint density at radius 2 is 1.20 bits per heavy atom. The molecule has 0 aliphatic heterocycles. The van der Waals surface area contributed by atoms with Crippen molar-refractivity contribution in [2.24, 2.45) is 0 Å². The Kier molecular flexibility index (Phi) is 16.6. The van der Waals surface area contributed by atoms with Crippen LogP contribution in [0, 0.1) is 26.0 Å². The first kappa shape index (κ1) is 43.0. The van der Waals surface area contributed by atoms with Crippen LogP contribution in [0.4, 0.5) is 0 Å². The maximum absolute atomic E-state index is 3.92. The quantitative estimate of drug-likeness (QED) is 0.139. The van der Waals surface area contributed by atoms with E-state index in [0.29, 0.717) is 11.8 Å². The Balaban J connectivity index is 0.000000956. The molecule has 2 aliphatic carbocycles.